The van der Waals surface area contributed by atoms with Crippen LogP contribution < -0.4 is 19.9 Å². The van der Waals surface area contributed by atoms with Crippen molar-refractivity contribution in [2.75, 3.05) is 24.3 Å². The molecule has 0 unspecified atom stereocenters. The third-order valence-electron chi connectivity index (χ3n) is 3.56. The van der Waals surface area contributed by atoms with Crippen LogP contribution in [0.15, 0.2) is 52.3 Å². The average Bonchev–Trinajstić information content (AvgIpc) is 2.84. The lowest BCUT2D eigenvalue weighted by Crippen LogP contribution is -2.15. The number of anilines is 1. The second-order valence-electron chi connectivity index (χ2n) is 5.57. The smallest absolute Gasteiger partial charge is 0.238 e. The Bertz CT molecular complexity index is 898. The molecule has 0 saturated heterocycles. The molecule has 1 amide bonds. The Hall–Kier alpha value is -2.23. The van der Waals surface area contributed by atoms with E-state index in [-0.39, 0.29) is 16.6 Å². The summed E-state index contributed by atoms with van der Waals surface area (Å²) in [6, 6.07) is 11.3. The van der Waals surface area contributed by atoms with E-state index in [9.17, 15) is 13.2 Å². The zero-order valence-electron chi connectivity index (χ0n) is 13.8. The SMILES string of the molecule is NS(=O)(=O)c1ccc(NC(=O)CSc2ccc3c(c2)OCCCO3)cc1. The Morgan fingerprint density at radius 1 is 1.08 bits per heavy atom. The van der Waals surface area contributed by atoms with E-state index in [0.29, 0.717) is 30.4 Å². The predicted molar refractivity (Wildman–Crippen MR) is 99.2 cm³/mol. The fourth-order valence-corrected chi connectivity index (χ4v) is 3.55. The second kappa shape index (κ2) is 7.98. The quantitative estimate of drug-likeness (QED) is 0.753. The molecule has 1 heterocycles. The van der Waals surface area contributed by atoms with Crippen LogP contribution in [0.25, 0.3) is 0 Å². The molecule has 1 aliphatic rings. The lowest BCUT2D eigenvalue weighted by molar-refractivity contribution is -0.113. The Kier molecular flexibility index (Phi) is 5.70. The van der Waals surface area contributed by atoms with E-state index in [2.05, 4.69) is 5.32 Å². The molecule has 0 aromatic heterocycles. The van der Waals surface area contributed by atoms with Gasteiger partial charge >= 0.3 is 0 Å². The van der Waals surface area contributed by atoms with Gasteiger partial charge in [0.15, 0.2) is 11.5 Å². The summed E-state index contributed by atoms with van der Waals surface area (Å²) in [5.41, 5.74) is 0.502. The number of nitrogens with two attached hydrogens (primary N) is 1. The van der Waals surface area contributed by atoms with Gasteiger partial charge in [-0.25, -0.2) is 13.6 Å². The van der Waals surface area contributed by atoms with Crippen molar-refractivity contribution >= 4 is 33.4 Å². The molecule has 138 valence electrons. The van der Waals surface area contributed by atoms with Crippen molar-refractivity contribution in [3.8, 4) is 11.5 Å². The van der Waals surface area contributed by atoms with Crippen molar-refractivity contribution in [2.45, 2.75) is 16.2 Å². The Balaban J connectivity index is 1.56. The first kappa shape index (κ1) is 18.6. The van der Waals surface area contributed by atoms with E-state index >= 15 is 0 Å². The molecular formula is C17H18N2O5S2. The summed E-state index contributed by atoms with van der Waals surface area (Å²) < 4.78 is 33.6. The molecule has 0 saturated carbocycles. The number of ether oxygens (including phenoxy) is 2. The summed E-state index contributed by atoms with van der Waals surface area (Å²) >= 11 is 1.37. The third-order valence-corrected chi connectivity index (χ3v) is 5.48. The van der Waals surface area contributed by atoms with Crippen LogP contribution in [0, 0.1) is 0 Å². The van der Waals surface area contributed by atoms with Crippen LogP contribution in [-0.4, -0.2) is 33.3 Å². The predicted octanol–water partition coefficient (Wildman–Crippen LogP) is 2.23. The number of nitrogens with one attached hydrogen (secondary N) is 1. The number of carbonyl (C=O) groups excluding carboxylic acids is 1. The molecule has 2 aromatic rings. The molecule has 2 aromatic carbocycles. The maximum Gasteiger partial charge on any atom is 0.238 e. The van der Waals surface area contributed by atoms with Crippen LogP contribution in [0.4, 0.5) is 5.69 Å². The monoisotopic (exact) mass is 394 g/mol. The first-order valence-electron chi connectivity index (χ1n) is 7.87. The molecular weight excluding hydrogens is 376 g/mol. The van der Waals surface area contributed by atoms with Crippen LogP contribution in [-0.2, 0) is 14.8 Å². The number of hydrogen-bond acceptors (Lipinski definition) is 6. The zero-order chi connectivity index (χ0) is 18.6. The lowest BCUT2D eigenvalue weighted by atomic mass is 10.3. The largest absolute Gasteiger partial charge is 0.490 e. The van der Waals surface area contributed by atoms with Crippen molar-refractivity contribution in [1.29, 1.82) is 0 Å². The van der Waals surface area contributed by atoms with Crippen LogP contribution in [0.2, 0.25) is 0 Å². The van der Waals surface area contributed by atoms with Crippen LogP contribution in [0.3, 0.4) is 0 Å². The number of thioether (sulfide) groups is 1. The summed E-state index contributed by atoms with van der Waals surface area (Å²) in [7, 11) is -3.74. The summed E-state index contributed by atoms with van der Waals surface area (Å²) in [5.74, 6) is 1.40. The van der Waals surface area contributed by atoms with Gasteiger partial charge in [-0.1, -0.05) is 0 Å². The highest BCUT2D eigenvalue weighted by Gasteiger charge is 2.12. The number of primary sulfonamides is 1. The van der Waals surface area contributed by atoms with E-state index in [1.807, 2.05) is 18.2 Å². The minimum atomic E-state index is -3.74. The number of hydrogen-bond donors (Lipinski definition) is 2. The van der Waals surface area contributed by atoms with Gasteiger partial charge in [0.05, 0.1) is 23.9 Å². The average molecular weight is 394 g/mol. The highest BCUT2D eigenvalue weighted by Crippen LogP contribution is 2.33. The van der Waals surface area contributed by atoms with Gasteiger partial charge in [-0.15, -0.1) is 11.8 Å². The van der Waals surface area contributed by atoms with Gasteiger partial charge < -0.3 is 14.8 Å². The summed E-state index contributed by atoms with van der Waals surface area (Å²) in [4.78, 5) is 13.0. The molecule has 0 atom stereocenters. The van der Waals surface area contributed by atoms with Crippen molar-refractivity contribution in [3.63, 3.8) is 0 Å². The molecule has 7 nitrogen and oxygen atoms in total. The number of rotatable bonds is 5. The van der Waals surface area contributed by atoms with Gasteiger partial charge in [-0.05, 0) is 42.5 Å². The highest BCUT2D eigenvalue weighted by molar-refractivity contribution is 8.00. The number of amides is 1. The molecule has 9 heteroatoms. The molecule has 0 fully saturated rings. The zero-order valence-corrected chi connectivity index (χ0v) is 15.4. The van der Waals surface area contributed by atoms with Gasteiger partial charge in [0.2, 0.25) is 15.9 Å². The fraction of sp³-hybridized carbons (Fsp3) is 0.235. The van der Waals surface area contributed by atoms with Gasteiger partial charge in [0.25, 0.3) is 0 Å². The van der Waals surface area contributed by atoms with E-state index in [1.165, 1.54) is 36.0 Å². The van der Waals surface area contributed by atoms with E-state index < -0.39 is 10.0 Å². The first-order valence-corrected chi connectivity index (χ1v) is 10.4. The van der Waals surface area contributed by atoms with E-state index in [4.69, 9.17) is 14.6 Å². The first-order chi connectivity index (χ1) is 12.4. The number of benzene rings is 2. The summed E-state index contributed by atoms with van der Waals surface area (Å²) in [6.45, 7) is 1.24. The molecule has 0 spiro atoms. The standard InChI is InChI=1S/C17H18N2O5S2/c18-26(21,22)14-5-2-12(3-6-14)19-17(20)11-25-13-4-7-15-16(10-13)24-9-1-8-23-15/h2-7,10H,1,8-9,11H2,(H,19,20)(H2,18,21,22). The van der Waals surface area contributed by atoms with Gasteiger partial charge in [-0.2, -0.15) is 0 Å². The van der Waals surface area contributed by atoms with E-state index in [1.54, 1.807) is 0 Å². The molecule has 0 aliphatic carbocycles. The van der Waals surface area contributed by atoms with Crippen molar-refractivity contribution < 1.29 is 22.7 Å². The van der Waals surface area contributed by atoms with E-state index in [0.717, 1.165) is 11.3 Å². The van der Waals surface area contributed by atoms with Gasteiger partial charge in [0.1, 0.15) is 0 Å². The molecule has 0 radical (unpaired) electrons. The number of carbonyl (C=O) groups is 1. The number of fused-ring (bicyclic) bond motifs is 1. The topological polar surface area (TPSA) is 108 Å². The van der Waals surface area contributed by atoms with Crippen LogP contribution in [0.5, 0.6) is 11.5 Å². The minimum absolute atomic E-state index is 0.00271. The van der Waals surface area contributed by atoms with Crippen molar-refractivity contribution in [1.82, 2.24) is 0 Å². The maximum atomic E-state index is 12.1. The maximum absolute atomic E-state index is 12.1. The second-order valence-corrected chi connectivity index (χ2v) is 8.18. The van der Waals surface area contributed by atoms with Gasteiger partial charge in [-0.3, -0.25) is 4.79 Å². The fourth-order valence-electron chi connectivity index (χ4n) is 2.31. The Morgan fingerprint density at radius 3 is 2.46 bits per heavy atom. The molecule has 26 heavy (non-hydrogen) atoms. The molecule has 3 rings (SSSR count). The third kappa shape index (κ3) is 4.90. The van der Waals surface area contributed by atoms with Crippen LogP contribution in [0.1, 0.15) is 6.42 Å². The van der Waals surface area contributed by atoms with Crippen molar-refractivity contribution in [2.24, 2.45) is 5.14 Å². The summed E-state index contributed by atoms with van der Waals surface area (Å²) in [5, 5.41) is 7.75. The molecule has 3 N–H and O–H groups in total. The summed E-state index contributed by atoms with van der Waals surface area (Å²) in [6.07, 6.45) is 0.837. The minimum Gasteiger partial charge on any atom is -0.490 e. The van der Waals surface area contributed by atoms with Crippen LogP contribution >= 0.6 is 11.8 Å². The highest BCUT2D eigenvalue weighted by atomic mass is 32.2. The molecule has 0 bridgehead atoms. The number of sulfonamides is 1. The lowest BCUT2D eigenvalue weighted by Gasteiger charge is -2.09. The molecule has 1 aliphatic heterocycles. The van der Waals surface area contributed by atoms with Gasteiger partial charge in [0, 0.05) is 17.0 Å². The Morgan fingerprint density at radius 2 is 1.77 bits per heavy atom. The van der Waals surface area contributed by atoms with Crippen molar-refractivity contribution in [3.05, 3.63) is 42.5 Å². The normalized spacial score (nSPS) is 13.7. The Labute approximate surface area is 155 Å².